The van der Waals surface area contributed by atoms with Crippen molar-refractivity contribution in [2.75, 3.05) is 33.4 Å². The summed E-state index contributed by atoms with van der Waals surface area (Å²) in [5, 5.41) is 8.81. The van der Waals surface area contributed by atoms with E-state index in [1.165, 1.54) is 12.7 Å². The number of halogens is 1. The van der Waals surface area contributed by atoms with Crippen molar-refractivity contribution >= 4 is 24.2 Å². The SMILES string of the molecule is COCC(=O)N[C@H](C(=O)NCC1=CCNCC1)C(C)C.Cl. The van der Waals surface area contributed by atoms with Crippen molar-refractivity contribution in [1.29, 1.82) is 0 Å². The number of carbonyl (C=O) groups excluding carboxylic acids is 2. The molecule has 2 amide bonds. The van der Waals surface area contributed by atoms with Crippen LogP contribution in [0.25, 0.3) is 0 Å². The van der Waals surface area contributed by atoms with E-state index in [9.17, 15) is 9.59 Å². The van der Waals surface area contributed by atoms with Gasteiger partial charge in [0.15, 0.2) is 0 Å². The van der Waals surface area contributed by atoms with Gasteiger partial charge in [-0.2, -0.15) is 0 Å². The van der Waals surface area contributed by atoms with Crippen molar-refractivity contribution in [2.24, 2.45) is 5.92 Å². The highest BCUT2D eigenvalue weighted by Crippen LogP contribution is 2.05. The van der Waals surface area contributed by atoms with Crippen LogP contribution in [0.3, 0.4) is 0 Å². The Kier molecular flexibility index (Phi) is 10.0. The summed E-state index contributed by atoms with van der Waals surface area (Å²) < 4.78 is 4.76. The first-order valence-electron chi connectivity index (χ1n) is 6.99. The second-order valence-corrected chi connectivity index (χ2v) is 5.26. The summed E-state index contributed by atoms with van der Waals surface area (Å²) in [6.07, 6.45) is 3.04. The molecule has 0 aromatic heterocycles. The fourth-order valence-electron chi connectivity index (χ4n) is 2.02. The van der Waals surface area contributed by atoms with Gasteiger partial charge < -0.3 is 20.7 Å². The molecule has 0 radical (unpaired) electrons. The minimum absolute atomic E-state index is 0. The summed E-state index contributed by atoms with van der Waals surface area (Å²) in [7, 11) is 1.45. The fourth-order valence-corrected chi connectivity index (χ4v) is 2.02. The standard InChI is InChI=1S/C14H25N3O3.ClH/c1-10(2)13(17-12(18)9-20-3)14(19)16-8-11-4-6-15-7-5-11;/h4,10,13,15H,5-9H2,1-3H3,(H,16,19)(H,17,18);1H/t13-;/m0./s1. The first-order valence-corrected chi connectivity index (χ1v) is 6.99. The molecule has 0 spiro atoms. The molecule has 0 aliphatic carbocycles. The highest BCUT2D eigenvalue weighted by molar-refractivity contribution is 5.88. The summed E-state index contributed by atoms with van der Waals surface area (Å²) in [6.45, 7) is 6.11. The first kappa shape index (κ1) is 19.9. The van der Waals surface area contributed by atoms with Crippen LogP contribution >= 0.6 is 12.4 Å². The Balaban J connectivity index is 0.00000400. The molecule has 0 saturated heterocycles. The number of hydrogen-bond donors (Lipinski definition) is 3. The van der Waals surface area contributed by atoms with Crippen molar-refractivity contribution in [3.05, 3.63) is 11.6 Å². The number of amides is 2. The molecule has 0 bridgehead atoms. The van der Waals surface area contributed by atoms with Gasteiger partial charge in [0, 0.05) is 20.2 Å². The molecule has 6 nitrogen and oxygen atoms in total. The average Bonchev–Trinajstić information content (AvgIpc) is 2.43. The predicted molar refractivity (Wildman–Crippen MR) is 84.5 cm³/mol. The van der Waals surface area contributed by atoms with Gasteiger partial charge in [-0.15, -0.1) is 12.4 Å². The Hall–Kier alpha value is -1.11. The summed E-state index contributed by atoms with van der Waals surface area (Å²) in [5.74, 6) is -0.399. The molecule has 1 aliphatic rings. The topological polar surface area (TPSA) is 79.5 Å². The van der Waals surface area contributed by atoms with E-state index in [4.69, 9.17) is 4.74 Å². The van der Waals surface area contributed by atoms with Crippen LogP contribution in [-0.4, -0.2) is 51.2 Å². The second-order valence-electron chi connectivity index (χ2n) is 5.26. The van der Waals surface area contributed by atoms with E-state index in [-0.39, 0.29) is 36.7 Å². The lowest BCUT2D eigenvalue weighted by Crippen LogP contribution is -2.51. The molecule has 21 heavy (non-hydrogen) atoms. The van der Waals surface area contributed by atoms with E-state index in [1.807, 2.05) is 13.8 Å². The molecule has 3 N–H and O–H groups in total. The lowest BCUT2D eigenvalue weighted by Gasteiger charge is -2.22. The van der Waals surface area contributed by atoms with Crippen molar-refractivity contribution in [1.82, 2.24) is 16.0 Å². The van der Waals surface area contributed by atoms with Crippen LogP contribution in [0.5, 0.6) is 0 Å². The summed E-state index contributed by atoms with van der Waals surface area (Å²) in [6, 6.07) is -0.528. The second kappa shape index (κ2) is 10.6. The van der Waals surface area contributed by atoms with Crippen LogP contribution in [0.4, 0.5) is 0 Å². The molecule has 0 unspecified atom stereocenters. The smallest absolute Gasteiger partial charge is 0.246 e. The van der Waals surface area contributed by atoms with Crippen molar-refractivity contribution < 1.29 is 14.3 Å². The molecule has 0 aromatic rings. The van der Waals surface area contributed by atoms with E-state index < -0.39 is 6.04 Å². The third-order valence-corrected chi connectivity index (χ3v) is 3.19. The number of ether oxygens (including phenoxy) is 1. The van der Waals surface area contributed by atoms with Gasteiger partial charge in [0.1, 0.15) is 12.6 Å². The Morgan fingerprint density at radius 2 is 2.14 bits per heavy atom. The maximum atomic E-state index is 12.2. The largest absolute Gasteiger partial charge is 0.375 e. The zero-order chi connectivity index (χ0) is 15.0. The van der Waals surface area contributed by atoms with Crippen LogP contribution in [0.1, 0.15) is 20.3 Å². The van der Waals surface area contributed by atoms with Crippen LogP contribution in [0.15, 0.2) is 11.6 Å². The first-order chi connectivity index (χ1) is 9.54. The average molecular weight is 320 g/mol. The normalized spacial score (nSPS) is 15.7. The third-order valence-electron chi connectivity index (χ3n) is 3.19. The number of carbonyl (C=O) groups is 2. The van der Waals surface area contributed by atoms with Gasteiger partial charge in [-0.05, 0) is 18.9 Å². The molecule has 0 saturated carbocycles. The van der Waals surface area contributed by atoms with Gasteiger partial charge in [-0.1, -0.05) is 25.5 Å². The van der Waals surface area contributed by atoms with E-state index in [0.29, 0.717) is 6.54 Å². The maximum absolute atomic E-state index is 12.2. The summed E-state index contributed by atoms with van der Waals surface area (Å²) in [5.41, 5.74) is 1.22. The molecule has 1 rings (SSSR count). The fraction of sp³-hybridized carbons (Fsp3) is 0.714. The van der Waals surface area contributed by atoms with Crippen LogP contribution in [0.2, 0.25) is 0 Å². The monoisotopic (exact) mass is 319 g/mol. The molecule has 7 heteroatoms. The van der Waals surface area contributed by atoms with Crippen LogP contribution < -0.4 is 16.0 Å². The lowest BCUT2D eigenvalue weighted by atomic mass is 10.0. The molecule has 1 aliphatic heterocycles. The van der Waals surface area contributed by atoms with E-state index in [0.717, 1.165) is 19.5 Å². The third kappa shape index (κ3) is 7.45. The van der Waals surface area contributed by atoms with Gasteiger partial charge in [-0.3, -0.25) is 9.59 Å². The van der Waals surface area contributed by atoms with Crippen LogP contribution in [0, 0.1) is 5.92 Å². The molecule has 1 atom stereocenters. The van der Waals surface area contributed by atoms with Crippen molar-refractivity contribution in [3.8, 4) is 0 Å². The van der Waals surface area contributed by atoms with Gasteiger partial charge in [0.2, 0.25) is 11.8 Å². The van der Waals surface area contributed by atoms with Gasteiger partial charge >= 0.3 is 0 Å². The van der Waals surface area contributed by atoms with Crippen LogP contribution in [-0.2, 0) is 14.3 Å². The summed E-state index contributed by atoms with van der Waals surface area (Å²) >= 11 is 0. The number of hydrogen-bond acceptors (Lipinski definition) is 4. The Morgan fingerprint density at radius 1 is 1.43 bits per heavy atom. The van der Waals surface area contributed by atoms with E-state index >= 15 is 0 Å². The Bertz CT molecular complexity index is 372. The minimum Gasteiger partial charge on any atom is -0.375 e. The zero-order valence-corrected chi connectivity index (χ0v) is 13.7. The Morgan fingerprint density at radius 3 is 2.67 bits per heavy atom. The van der Waals surface area contributed by atoms with E-state index in [1.54, 1.807) is 0 Å². The quantitative estimate of drug-likeness (QED) is 0.587. The maximum Gasteiger partial charge on any atom is 0.246 e. The molecule has 0 fully saturated rings. The summed E-state index contributed by atoms with van der Waals surface area (Å²) in [4.78, 5) is 23.7. The minimum atomic E-state index is -0.528. The molecular weight excluding hydrogens is 294 g/mol. The molecule has 0 aromatic carbocycles. The molecule has 122 valence electrons. The van der Waals surface area contributed by atoms with E-state index in [2.05, 4.69) is 22.0 Å². The molecular formula is C14H26ClN3O3. The highest BCUT2D eigenvalue weighted by Gasteiger charge is 2.23. The highest BCUT2D eigenvalue weighted by atomic mass is 35.5. The lowest BCUT2D eigenvalue weighted by molar-refractivity contribution is -0.131. The van der Waals surface area contributed by atoms with Crippen molar-refractivity contribution in [3.63, 3.8) is 0 Å². The molecule has 1 heterocycles. The zero-order valence-electron chi connectivity index (χ0n) is 12.9. The van der Waals surface area contributed by atoms with Gasteiger partial charge in [-0.25, -0.2) is 0 Å². The number of methoxy groups -OCH3 is 1. The van der Waals surface area contributed by atoms with Crippen molar-refractivity contribution in [2.45, 2.75) is 26.3 Å². The van der Waals surface area contributed by atoms with Gasteiger partial charge in [0.25, 0.3) is 0 Å². The number of rotatable bonds is 7. The predicted octanol–water partition coefficient (Wildman–Crippen LogP) is 0.231. The Labute approximate surface area is 132 Å². The number of nitrogens with one attached hydrogen (secondary N) is 3. The van der Waals surface area contributed by atoms with Gasteiger partial charge in [0.05, 0.1) is 0 Å².